The van der Waals surface area contributed by atoms with Crippen molar-refractivity contribution in [3.63, 3.8) is 0 Å². The van der Waals surface area contributed by atoms with E-state index in [0.29, 0.717) is 12.3 Å². The second-order valence-electron chi connectivity index (χ2n) is 4.73. The van der Waals surface area contributed by atoms with Gasteiger partial charge in [0.25, 0.3) is 0 Å². The van der Waals surface area contributed by atoms with Crippen LogP contribution in [-0.4, -0.2) is 17.6 Å². The van der Waals surface area contributed by atoms with E-state index in [2.05, 4.69) is 6.92 Å². The van der Waals surface area contributed by atoms with Gasteiger partial charge in [0.05, 0.1) is 12.1 Å². The Morgan fingerprint density at radius 1 is 1.50 bits per heavy atom. The zero-order chi connectivity index (χ0) is 11.3. The highest BCUT2D eigenvalue weighted by Crippen LogP contribution is 2.42. The summed E-state index contributed by atoms with van der Waals surface area (Å²) in [6.07, 6.45) is 2.49. The van der Waals surface area contributed by atoms with Gasteiger partial charge >= 0.3 is 0 Å². The number of hydrogen-bond acceptors (Lipinski definition) is 2. The lowest BCUT2D eigenvalue weighted by atomic mass is 9.90. The van der Waals surface area contributed by atoms with Crippen LogP contribution in [0.25, 0.3) is 0 Å². The summed E-state index contributed by atoms with van der Waals surface area (Å²) in [7, 11) is 0. The number of phenolic OH excluding ortho intramolecular Hbond substituents is 1. The van der Waals surface area contributed by atoms with E-state index >= 15 is 0 Å². The summed E-state index contributed by atoms with van der Waals surface area (Å²) < 4.78 is 0. The Morgan fingerprint density at radius 3 is 3.06 bits per heavy atom. The van der Waals surface area contributed by atoms with Gasteiger partial charge in [-0.05, 0) is 24.0 Å². The Hall–Kier alpha value is -1.51. The third-order valence-electron chi connectivity index (χ3n) is 3.77. The van der Waals surface area contributed by atoms with Crippen LogP contribution < -0.4 is 4.90 Å². The predicted molar refractivity (Wildman–Crippen MR) is 61.6 cm³/mol. The van der Waals surface area contributed by atoms with E-state index in [4.69, 9.17) is 0 Å². The number of nitrogens with zero attached hydrogens (tertiary/aromatic N) is 1. The molecular weight excluding hydrogens is 202 g/mol. The van der Waals surface area contributed by atoms with Crippen molar-refractivity contribution in [2.45, 2.75) is 26.2 Å². The first-order valence-electron chi connectivity index (χ1n) is 5.84. The van der Waals surface area contributed by atoms with E-state index in [1.54, 1.807) is 6.07 Å². The van der Waals surface area contributed by atoms with E-state index < -0.39 is 0 Å². The Bertz CT molecular complexity index is 467. The van der Waals surface area contributed by atoms with Crippen molar-refractivity contribution < 1.29 is 9.90 Å². The van der Waals surface area contributed by atoms with E-state index in [-0.39, 0.29) is 11.7 Å². The number of phenols is 1. The van der Waals surface area contributed by atoms with Gasteiger partial charge in [0, 0.05) is 12.1 Å². The van der Waals surface area contributed by atoms with Gasteiger partial charge in [0.2, 0.25) is 5.91 Å². The first-order valence-corrected chi connectivity index (χ1v) is 5.84. The third kappa shape index (κ3) is 1.17. The molecule has 3 nitrogen and oxygen atoms in total. The van der Waals surface area contributed by atoms with Crippen LogP contribution in [0.5, 0.6) is 5.75 Å². The van der Waals surface area contributed by atoms with Gasteiger partial charge in [-0.1, -0.05) is 19.4 Å². The summed E-state index contributed by atoms with van der Waals surface area (Å²) in [6, 6.07) is 3.69. The molecule has 1 N–H and O–H groups in total. The van der Waals surface area contributed by atoms with Crippen molar-refractivity contribution in [1.82, 2.24) is 0 Å². The van der Waals surface area contributed by atoms with Crippen LogP contribution >= 0.6 is 0 Å². The monoisotopic (exact) mass is 217 g/mol. The fourth-order valence-electron chi connectivity index (χ4n) is 2.82. The zero-order valence-electron chi connectivity index (χ0n) is 9.36. The van der Waals surface area contributed by atoms with Crippen LogP contribution in [-0.2, 0) is 17.6 Å². The second kappa shape index (κ2) is 3.24. The smallest absolute Gasteiger partial charge is 0.231 e. The van der Waals surface area contributed by atoms with Crippen molar-refractivity contribution in [3.05, 3.63) is 23.3 Å². The van der Waals surface area contributed by atoms with Crippen LogP contribution in [0, 0.1) is 5.92 Å². The molecule has 1 amide bonds. The van der Waals surface area contributed by atoms with Crippen molar-refractivity contribution in [3.8, 4) is 5.75 Å². The molecule has 16 heavy (non-hydrogen) atoms. The summed E-state index contributed by atoms with van der Waals surface area (Å²) in [5, 5.41) is 9.76. The molecule has 0 unspecified atom stereocenters. The highest BCUT2D eigenvalue weighted by Gasteiger charge is 2.36. The highest BCUT2D eigenvalue weighted by atomic mass is 16.3. The largest absolute Gasteiger partial charge is 0.508 e. The summed E-state index contributed by atoms with van der Waals surface area (Å²) in [5.41, 5.74) is 3.04. The van der Waals surface area contributed by atoms with E-state index in [0.717, 1.165) is 30.6 Å². The molecule has 0 aliphatic carbocycles. The SMILES string of the molecule is CC[C@H]1Cc2ccc(O)c3c2N(C1)C(=O)C3. The van der Waals surface area contributed by atoms with Crippen LogP contribution in [0.1, 0.15) is 24.5 Å². The van der Waals surface area contributed by atoms with Crippen LogP contribution in [0.3, 0.4) is 0 Å². The molecule has 0 radical (unpaired) electrons. The molecule has 0 fully saturated rings. The molecule has 2 aliphatic rings. The number of rotatable bonds is 1. The van der Waals surface area contributed by atoms with Gasteiger partial charge in [0.15, 0.2) is 0 Å². The molecule has 0 aromatic heterocycles. The van der Waals surface area contributed by atoms with Gasteiger partial charge in [-0.3, -0.25) is 4.79 Å². The first kappa shape index (κ1) is 9.70. The minimum absolute atomic E-state index is 0.135. The maximum Gasteiger partial charge on any atom is 0.231 e. The molecule has 1 aromatic carbocycles. The molecule has 3 heteroatoms. The van der Waals surface area contributed by atoms with Crippen LogP contribution in [0.4, 0.5) is 5.69 Å². The lowest BCUT2D eigenvalue weighted by Crippen LogP contribution is -2.36. The number of carbonyl (C=O) groups excluding carboxylic acids is 1. The minimum Gasteiger partial charge on any atom is -0.508 e. The fraction of sp³-hybridized carbons (Fsp3) is 0.462. The van der Waals surface area contributed by atoms with Crippen LogP contribution in [0.15, 0.2) is 12.1 Å². The van der Waals surface area contributed by atoms with Gasteiger partial charge in [0.1, 0.15) is 5.75 Å². The van der Waals surface area contributed by atoms with Gasteiger partial charge in [-0.2, -0.15) is 0 Å². The second-order valence-corrected chi connectivity index (χ2v) is 4.73. The summed E-state index contributed by atoms with van der Waals surface area (Å²) in [4.78, 5) is 13.7. The lowest BCUT2D eigenvalue weighted by Gasteiger charge is -2.31. The molecular formula is C13H15NO2. The van der Waals surface area contributed by atoms with Gasteiger partial charge in [-0.15, -0.1) is 0 Å². The molecule has 2 aliphatic heterocycles. The number of carbonyl (C=O) groups is 1. The number of amides is 1. The standard InChI is InChI=1S/C13H15NO2/c1-2-8-5-9-3-4-11(15)10-6-12(16)14(7-8)13(9)10/h3-4,8,15H,2,5-7H2,1H3/t8-/m0/s1. The van der Waals surface area contributed by atoms with E-state index in [9.17, 15) is 9.90 Å². The Labute approximate surface area is 94.7 Å². The zero-order valence-corrected chi connectivity index (χ0v) is 9.36. The molecule has 3 rings (SSSR count). The van der Waals surface area contributed by atoms with Crippen molar-refractivity contribution in [2.75, 3.05) is 11.4 Å². The lowest BCUT2D eigenvalue weighted by molar-refractivity contribution is -0.117. The number of benzene rings is 1. The van der Waals surface area contributed by atoms with Gasteiger partial charge < -0.3 is 10.0 Å². The van der Waals surface area contributed by atoms with E-state index in [1.165, 1.54) is 5.56 Å². The van der Waals surface area contributed by atoms with E-state index in [1.807, 2.05) is 11.0 Å². The topological polar surface area (TPSA) is 40.5 Å². The van der Waals surface area contributed by atoms with Crippen molar-refractivity contribution >= 4 is 11.6 Å². The molecule has 0 bridgehead atoms. The summed E-state index contributed by atoms with van der Waals surface area (Å²) in [5.74, 6) is 0.965. The third-order valence-corrected chi connectivity index (χ3v) is 3.77. The summed E-state index contributed by atoms with van der Waals surface area (Å²) in [6.45, 7) is 2.98. The molecule has 1 aromatic rings. The highest BCUT2D eigenvalue weighted by molar-refractivity contribution is 6.03. The molecule has 2 heterocycles. The number of aromatic hydroxyl groups is 1. The fourth-order valence-corrected chi connectivity index (χ4v) is 2.82. The maximum atomic E-state index is 11.9. The molecule has 0 saturated carbocycles. The normalized spacial score (nSPS) is 22.4. The van der Waals surface area contributed by atoms with Crippen molar-refractivity contribution in [1.29, 1.82) is 0 Å². The number of hydrogen-bond donors (Lipinski definition) is 1. The molecule has 1 atom stereocenters. The van der Waals surface area contributed by atoms with Crippen LogP contribution in [0.2, 0.25) is 0 Å². The quantitative estimate of drug-likeness (QED) is 0.780. The first-order chi connectivity index (χ1) is 7.70. The number of anilines is 1. The predicted octanol–water partition coefficient (Wildman–Crippen LogP) is 1.86. The molecule has 0 spiro atoms. The average Bonchev–Trinajstić information content (AvgIpc) is 2.63. The average molecular weight is 217 g/mol. The molecule has 0 saturated heterocycles. The Kier molecular flexibility index (Phi) is 1.96. The molecule has 84 valence electrons. The Balaban J connectivity index is 2.15. The van der Waals surface area contributed by atoms with Crippen molar-refractivity contribution in [2.24, 2.45) is 5.92 Å². The minimum atomic E-state index is 0.135. The Morgan fingerprint density at radius 2 is 2.31 bits per heavy atom. The maximum absolute atomic E-state index is 11.9. The van der Waals surface area contributed by atoms with Gasteiger partial charge in [-0.25, -0.2) is 0 Å². The summed E-state index contributed by atoms with van der Waals surface area (Å²) >= 11 is 0.